The number of aromatic nitrogens is 7. The summed E-state index contributed by atoms with van der Waals surface area (Å²) in [5.74, 6) is -3.62. The quantitative estimate of drug-likeness (QED) is 0.243. The highest BCUT2D eigenvalue weighted by atomic mass is 79.9. The molecule has 4 heterocycles. The summed E-state index contributed by atoms with van der Waals surface area (Å²) in [5, 5.41) is 9.90. The fourth-order valence-electron chi connectivity index (χ4n) is 2.98. The summed E-state index contributed by atoms with van der Waals surface area (Å²) in [6.07, 6.45) is -5.80. The summed E-state index contributed by atoms with van der Waals surface area (Å²) in [5.41, 5.74) is -1.17. The Morgan fingerprint density at radius 3 is 2.34 bits per heavy atom. The minimum Gasteiger partial charge on any atom is -0.320 e. The first-order chi connectivity index (χ1) is 15.0. The molecule has 4 aromatic rings. The van der Waals surface area contributed by atoms with Crippen molar-refractivity contribution >= 4 is 50.2 Å². The van der Waals surface area contributed by atoms with Crippen molar-refractivity contribution < 1.29 is 22.0 Å². The number of aryl methyl sites for hydroxylation is 1. The van der Waals surface area contributed by atoms with Crippen LogP contribution in [0.25, 0.3) is 33.5 Å². The fourth-order valence-corrected chi connectivity index (χ4v) is 5.08. The molecule has 0 bridgehead atoms. The molecule has 0 saturated carbocycles. The van der Waals surface area contributed by atoms with Gasteiger partial charge >= 0.3 is 12.1 Å². The van der Waals surface area contributed by atoms with E-state index in [9.17, 15) is 22.0 Å². The Bertz CT molecular complexity index is 1310. The van der Waals surface area contributed by atoms with Gasteiger partial charge < -0.3 is 9.13 Å². The molecule has 0 unspecified atom stereocenters. The van der Waals surface area contributed by atoms with Gasteiger partial charge in [-0.3, -0.25) is 0 Å². The van der Waals surface area contributed by atoms with Gasteiger partial charge in [-0.1, -0.05) is 6.92 Å². The summed E-state index contributed by atoms with van der Waals surface area (Å²) >= 11 is 6.17. The highest BCUT2D eigenvalue weighted by Gasteiger charge is 2.60. The maximum absolute atomic E-state index is 13.7. The Balaban J connectivity index is 1.89. The van der Waals surface area contributed by atoms with Crippen LogP contribution in [0, 0.1) is 0 Å². The zero-order chi connectivity index (χ0) is 23.4. The summed E-state index contributed by atoms with van der Waals surface area (Å²) in [4.78, 5) is 13.3. The average Bonchev–Trinajstić information content (AvgIpc) is 3.38. The lowest BCUT2D eigenvalue weighted by atomic mass is 10.2. The van der Waals surface area contributed by atoms with Crippen LogP contribution in [0.3, 0.4) is 0 Å². The summed E-state index contributed by atoms with van der Waals surface area (Å²) in [6.45, 7) is 1.95. The first-order valence-corrected chi connectivity index (χ1v) is 11.6. The summed E-state index contributed by atoms with van der Waals surface area (Å²) in [7, 11) is 3.37. The lowest BCUT2D eigenvalue weighted by Crippen LogP contribution is -2.34. The van der Waals surface area contributed by atoms with E-state index in [4.69, 9.17) is 0 Å². The molecule has 4 aromatic heterocycles. The largest absolute Gasteiger partial charge is 0.459 e. The molecule has 15 heteroatoms. The van der Waals surface area contributed by atoms with Crippen LogP contribution in [0.2, 0.25) is 0 Å². The number of imidazole rings is 2. The molecule has 0 amide bonds. The van der Waals surface area contributed by atoms with E-state index in [-0.39, 0.29) is 17.0 Å². The number of fused-ring (bicyclic) bond motifs is 1. The number of hydrogen-bond acceptors (Lipinski definition) is 7. The highest BCUT2D eigenvalue weighted by Crippen LogP contribution is 2.43. The number of thiazole rings is 1. The van der Waals surface area contributed by atoms with Crippen LogP contribution in [-0.2, 0) is 20.0 Å². The van der Waals surface area contributed by atoms with Gasteiger partial charge in [-0.2, -0.15) is 22.0 Å². The van der Waals surface area contributed by atoms with Crippen molar-refractivity contribution in [3.63, 3.8) is 0 Å². The minimum absolute atomic E-state index is 0.0540. The maximum atomic E-state index is 13.7. The Kier molecular flexibility index (Phi) is 5.78. The van der Waals surface area contributed by atoms with Crippen molar-refractivity contribution in [1.82, 2.24) is 34.3 Å². The van der Waals surface area contributed by atoms with Crippen LogP contribution < -0.4 is 0 Å². The number of nitrogens with zero attached hydrogens (tertiary/aromatic N) is 7. The first-order valence-electron chi connectivity index (χ1n) is 8.92. The SMILES string of the molecule is CCSc1c(-c2nc3cc(C(F)(F)C(F)(F)F)nnc3n2C)nc(-c2nc(Br)cs2)n1C. The van der Waals surface area contributed by atoms with Gasteiger partial charge in [0.2, 0.25) is 0 Å². The molecule has 0 saturated heterocycles. The van der Waals surface area contributed by atoms with Crippen molar-refractivity contribution in [2.24, 2.45) is 14.1 Å². The highest BCUT2D eigenvalue weighted by molar-refractivity contribution is 9.10. The van der Waals surface area contributed by atoms with Gasteiger partial charge in [-0.05, 0) is 27.7 Å². The lowest BCUT2D eigenvalue weighted by Gasteiger charge is -2.17. The second kappa shape index (κ2) is 8.02. The Morgan fingerprint density at radius 1 is 1.03 bits per heavy atom. The number of thioether (sulfide) groups is 1. The van der Waals surface area contributed by atoms with Crippen LogP contribution in [0.5, 0.6) is 0 Å². The zero-order valence-electron chi connectivity index (χ0n) is 16.6. The molecule has 0 fully saturated rings. The van der Waals surface area contributed by atoms with Crippen LogP contribution >= 0.6 is 39.0 Å². The molecule has 0 atom stereocenters. The van der Waals surface area contributed by atoms with Crippen molar-refractivity contribution in [2.75, 3.05) is 5.75 Å². The third-order valence-electron chi connectivity index (χ3n) is 4.50. The molecule has 170 valence electrons. The van der Waals surface area contributed by atoms with Gasteiger partial charge in [0.05, 0.1) is 0 Å². The number of rotatable bonds is 5. The van der Waals surface area contributed by atoms with Crippen molar-refractivity contribution in [2.45, 2.75) is 24.0 Å². The van der Waals surface area contributed by atoms with Crippen molar-refractivity contribution in [3.05, 3.63) is 21.7 Å². The standard InChI is InChI=1S/C17H13BrF5N7S2/c1-4-31-15-10(26-13(30(15)3)14-25-9(18)6-32-14)12-24-7-5-8(16(19,20)17(21,22)23)27-28-11(7)29(12)2/h5-6H,4H2,1-3H3. The molecule has 0 aliphatic heterocycles. The number of hydrogen-bond donors (Lipinski definition) is 0. The second-order valence-electron chi connectivity index (χ2n) is 6.56. The summed E-state index contributed by atoms with van der Waals surface area (Å²) in [6, 6.07) is 0.605. The minimum atomic E-state index is -5.80. The summed E-state index contributed by atoms with van der Waals surface area (Å²) < 4.78 is 69.7. The predicted molar refractivity (Wildman–Crippen MR) is 114 cm³/mol. The molecule has 0 N–H and O–H groups in total. The maximum Gasteiger partial charge on any atom is 0.459 e. The van der Waals surface area contributed by atoms with Crippen LogP contribution in [0.15, 0.2) is 21.1 Å². The van der Waals surface area contributed by atoms with E-state index in [0.717, 1.165) is 5.03 Å². The normalized spacial score (nSPS) is 12.8. The van der Waals surface area contributed by atoms with E-state index >= 15 is 0 Å². The van der Waals surface area contributed by atoms with E-state index in [1.807, 2.05) is 23.9 Å². The van der Waals surface area contributed by atoms with Gasteiger partial charge in [0.15, 0.2) is 22.3 Å². The fraction of sp³-hybridized carbons (Fsp3) is 0.353. The Labute approximate surface area is 194 Å². The average molecular weight is 554 g/mol. The third kappa shape index (κ3) is 3.69. The van der Waals surface area contributed by atoms with Crippen molar-refractivity contribution in [3.8, 4) is 22.4 Å². The Hall–Kier alpha value is -2.13. The molecule has 32 heavy (non-hydrogen) atoms. The molecular formula is C17H13BrF5N7S2. The first kappa shape index (κ1) is 23.0. The van der Waals surface area contributed by atoms with Crippen molar-refractivity contribution in [1.29, 1.82) is 0 Å². The van der Waals surface area contributed by atoms with Gasteiger partial charge in [-0.25, -0.2) is 15.0 Å². The number of alkyl halides is 5. The molecular weight excluding hydrogens is 541 g/mol. The molecule has 0 spiro atoms. The molecule has 0 aliphatic rings. The third-order valence-corrected chi connectivity index (χ3v) is 7.07. The Morgan fingerprint density at radius 2 is 1.75 bits per heavy atom. The molecule has 4 rings (SSSR count). The molecule has 0 radical (unpaired) electrons. The smallest absolute Gasteiger partial charge is 0.320 e. The van der Waals surface area contributed by atoms with E-state index in [0.29, 0.717) is 32.9 Å². The predicted octanol–water partition coefficient (Wildman–Crippen LogP) is 5.42. The van der Waals surface area contributed by atoms with E-state index in [1.165, 1.54) is 27.7 Å². The zero-order valence-corrected chi connectivity index (χ0v) is 19.8. The van der Waals surface area contributed by atoms with Crippen LogP contribution in [0.4, 0.5) is 22.0 Å². The van der Waals surface area contributed by atoms with Crippen LogP contribution in [0.1, 0.15) is 12.6 Å². The molecule has 0 aromatic carbocycles. The van der Waals surface area contributed by atoms with Gasteiger partial charge in [-0.15, -0.1) is 33.3 Å². The van der Waals surface area contributed by atoms with Gasteiger partial charge in [0, 0.05) is 19.5 Å². The van der Waals surface area contributed by atoms with Gasteiger partial charge in [0.25, 0.3) is 0 Å². The van der Waals surface area contributed by atoms with Gasteiger partial charge in [0.1, 0.15) is 26.5 Å². The van der Waals surface area contributed by atoms with E-state index < -0.39 is 17.8 Å². The topological polar surface area (TPSA) is 74.3 Å². The molecule has 0 aliphatic carbocycles. The second-order valence-corrected chi connectivity index (χ2v) is 9.48. The monoisotopic (exact) mass is 553 g/mol. The van der Waals surface area contributed by atoms with E-state index in [1.54, 1.807) is 7.05 Å². The van der Waals surface area contributed by atoms with Crippen LogP contribution in [-0.4, -0.2) is 46.2 Å². The molecule has 7 nitrogen and oxygen atoms in total. The van der Waals surface area contributed by atoms with E-state index in [2.05, 4.69) is 41.1 Å². The number of halogens is 6. The lowest BCUT2D eigenvalue weighted by molar-refractivity contribution is -0.291.